The molecular weight excluding hydrogens is 208 g/mol. The molecule has 0 aliphatic heterocycles. The Balaban J connectivity index is 2.54. The van der Waals surface area contributed by atoms with E-state index in [1.807, 2.05) is 6.92 Å². The van der Waals surface area contributed by atoms with Gasteiger partial charge in [-0.3, -0.25) is 4.79 Å². The van der Waals surface area contributed by atoms with Crippen LogP contribution in [0.1, 0.15) is 46.5 Å². The number of Topliss-reactive ketones (excluding diaryl/α,β-unsaturated/α-hetero) is 1. The zero-order valence-electron chi connectivity index (χ0n) is 11.2. The third-order valence-corrected chi connectivity index (χ3v) is 4.58. The summed E-state index contributed by atoms with van der Waals surface area (Å²) in [5, 5.41) is 0. The van der Waals surface area contributed by atoms with Crippen molar-refractivity contribution in [2.24, 2.45) is 11.3 Å². The fourth-order valence-electron chi connectivity index (χ4n) is 3.50. The second-order valence-corrected chi connectivity index (χ2v) is 5.76. The van der Waals surface area contributed by atoms with Gasteiger partial charge in [0.2, 0.25) is 0 Å². The Bertz CT molecular complexity index is 425. The molecule has 0 aromatic carbocycles. The van der Waals surface area contributed by atoms with Crippen molar-refractivity contribution >= 4 is 5.78 Å². The Labute approximate surface area is 104 Å². The highest BCUT2D eigenvalue weighted by Crippen LogP contribution is 2.51. The molecule has 0 spiro atoms. The molecule has 2 aliphatic rings. The molecule has 92 valence electrons. The number of rotatable bonds is 1. The van der Waals surface area contributed by atoms with Gasteiger partial charge in [-0.1, -0.05) is 36.8 Å². The van der Waals surface area contributed by atoms with Crippen LogP contribution in [0.2, 0.25) is 0 Å². The number of fused-ring (bicyclic) bond motifs is 1. The smallest absolute Gasteiger partial charge is 0.159 e. The molecule has 0 aromatic heterocycles. The Morgan fingerprint density at radius 2 is 2.18 bits per heavy atom. The molecule has 1 heteroatoms. The van der Waals surface area contributed by atoms with E-state index in [1.54, 1.807) is 0 Å². The molecule has 1 nitrogen and oxygen atoms in total. The molecule has 2 aliphatic carbocycles. The number of hydrogen-bond donors (Lipinski definition) is 0. The maximum atomic E-state index is 12.1. The van der Waals surface area contributed by atoms with Crippen LogP contribution in [0.4, 0.5) is 0 Å². The number of carbonyl (C=O) groups excluding carboxylic acids is 1. The van der Waals surface area contributed by atoms with E-state index >= 15 is 0 Å². The summed E-state index contributed by atoms with van der Waals surface area (Å²) in [4.78, 5) is 12.1. The first-order chi connectivity index (χ1) is 7.97. The van der Waals surface area contributed by atoms with Crippen LogP contribution >= 0.6 is 0 Å². The second kappa shape index (κ2) is 4.29. The van der Waals surface area contributed by atoms with Crippen molar-refractivity contribution < 1.29 is 4.79 Å². The molecule has 0 aromatic rings. The van der Waals surface area contributed by atoms with E-state index in [4.69, 9.17) is 0 Å². The summed E-state index contributed by atoms with van der Waals surface area (Å²) in [7, 11) is 0. The van der Waals surface area contributed by atoms with E-state index in [0.29, 0.717) is 18.1 Å². The first-order valence-corrected chi connectivity index (χ1v) is 6.50. The average Bonchev–Trinajstić information content (AvgIpc) is 2.46. The molecule has 17 heavy (non-hydrogen) atoms. The van der Waals surface area contributed by atoms with Crippen molar-refractivity contribution in [2.45, 2.75) is 46.5 Å². The Morgan fingerprint density at radius 1 is 1.47 bits per heavy atom. The van der Waals surface area contributed by atoms with Crippen LogP contribution < -0.4 is 0 Å². The first kappa shape index (κ1) is 12.3. The maximum Gasteiger partial charge on any atom is 0.159 e. The Kier molecular flexibility index (Phi) is 3.11. The largest absolute Gasteiger partial charge is 0.295 e. The van der Waals surface area contributed by atoms with Crippen LogP contribution in [-0.2, 0) is 4.79 Å². The van der Waals surface area contributed by atoms with Gasteiger partial charge in [-0.05, 0) is 50.0 Å². The lowest BCUT2D eigenvalue weighted by atomic mass is 9.60. The summed E-state index contributed by atoms with van der Waals surface area (Å²) < 4.78 is 0. The van der Waals surface area contributed by atoms with Crippen LogP contribution in [0.15, 0.2) is 35.5 Å². The SMILES string of the molecule is C=C(C)[C@@H]1CC(=O)C(C)=C2CCC=CC[C@@]21C. The van der Waals surface area contributed by atoms with Gasteiger partial charge in [0.05, 0.1) is 0 Å². The van der Waals surface area contributed by atoms with Crippen molar-refractivity contribution in [1.82, 2.24) is 0 Å². The normalized spacial score (nSPS) is 33.4. The van der Waals surface area contributed by atoms with E-state index in [0.717, 1.165) is 30.4 Å². The minimum Gasteiger partial charge on any atom is -0.295 e. The molecule has 0 radical (unpaired) electrons. The van der Waals surface area contributed by atoms with Crippen molar-refractivity contribution in [3.05, 3.63) is 35.5 Å². The van der Waals surface area contributed by atoms with Gasteiger partial charge in [-0.25, -0.2) is 0 Å². The van der Waals surface area contributed by atoms with Gasteiger partial charge < -0.3 is 0 Å². The molecule has 0 saturated carbocycles. The number of hydrogen-bond acceptors (Lipinski definition) is 1. The molecule has 0 fully saturated rings. The average molecular weight is 230 g/mol. The van der Waals surface area contributed by atoms with Gasteiger partial charge in [0.25, 0.3) is 0 Å². The van der Waals surface area contributed by atoms with Crippen molar-refractivity contribution in [3.8, 4) is 0 Å². The summed E-state index contributed by atoms with van der Waals surface area (Å²) in [5.41, 5.74) is 3.68. The topological polar surface area (TPSA) is 17.1 Å². The highest BCUT2D eigenvalue weighted by atomic mass is 16.1. The van der Waals surface area contributed by atoms with Crippen molar-refractivity contribution in [2.75, 3.05) is 0 Å². The van der Waals surface area contributed by atoms with E-state index in [2.05, 4.69) is 32.6 Å². The molecule has 0 N–H and O–H groups in total. The summed E-state index contributed by atoms with van der Waals surface area (Å²) in [6.45, 7) is 10.5. The predicted molar refractivity (Wildman–Crippen MR) is 71.7 cm³/mol. The third kappa shape index (κ3) is 1.92. The third-order valence-electron chi connectivity index (χ3n) is 4.58. The minimum absolute atomic E-state index is 0.122. The number of carbonyl (C=O) groups is 1. The molecule has 2 atom stereocenters. The quantitative estimate of drug-likeness (QED) is 0.616. The molecule has 0 unspecified atom stereocenters. The van der Waals surface area contributed by atoms with Gasteiger partial charge >= 0.3 is 0 Å². The molecule has 0 heterocycles. The minimum atomic E-state index is 0.122. The second-order valence-electron chi connectivity index (χ2n) is 5.76. The first-order valence-electron chi connectivity index (χ1n) is 6.50. The van der Waals surface area contributed by atoms with Crippen LogP contribution in [0.5, 0.6) is 0 Å². The van der Waals surface area contributed by atoms with Crippen molar-refractivity contribution in [1.29, 1.82) is 0 Å². The van der Waals surface area contributed by atoms with Crippen LogP contribution in [0.3, 0.4) is 0 Å². The molecule has 0 amide bonds. The molecule has 0 bridgehead atoms. The highest BCUT2D eigenvalue weighted by Gasteiger charge is 2.43. The number of ketones is 1. The van der Waals surface area contributed by atoms with Crippen LogP contribution in [-0.4, -0.2) is 5.78 Å². The summed E-state index contributed by atoms with van der Waals surface area (Å²) in [6.07, 6.45) is 8.34. The Morgan fingerprint density at radius 3 is 2.82 bits per heavy atom. The highest BCUT2D eigenvalue weighted by molar-refractivity contribution is 5.97. The van der Waals surface area contributed by atoms with Crippen molar-refractivity contribution in [3.63, 3.8) is 0 Å². The lowest BCUT2D eigenvalue weighted by molar-refractivity contribution is -0.117. The van der Waals surface area contributed by atoms with Crippen LogP contribution in [0, 0.1) is 11.3 Å². The lowest BCUT2D eigenvalue weighted by Crippen LogP contribution is -2.37. The zero-order valence-corrected chi connectivity index (χ0v) is 11.2. The fourth-order valence-corrected chi connectivity index (χ4v) is 3.50. The predicted octanol–water partition coefficient (Wildman–Crippen LogP) is 4.21. The summed E-state index contributed by atoms with van der Waals surface area (Å²) in [5.74, 6) is 0.642. The standard InChI is InChI=1S/C16H22O/c1-11(2)14-10-15(17)12(3)13-8-6-5-7-9-16(13,14)4/h5,7,14H,1,6,8-10H2,2-4H3/t14-,16-/m0/s1. The van der Waals surface area contributed by atoms with Gasteiger partial charge in [0.1, 0.15) is 0 Å². The molecule has 0 saturated heterocycles. The van der Waals surface area contributed by atoms with Gasteiger partial charge in [-0.15, -0.1) is 0 Å². The lowest BCUT2D eigenvalue weighted by Gasteiger charge is -2.43. The van der Waals surface area contributed by atoms with E-state index < -0.39 is 0 Å². The number of allylic oxidation sites excluding steroid dienone is 5. The zero-order chi connectivity index (χ0) is 12.6. The van der Waals surface area contributed by atoms with Gasteiger partial charge in [0.15, 0.2) is 5.78 Å². The maximum absolute atomic E-state index is 12.1. The summed E-state index contributed by atoms with van der Waals surface area (Å²) in [6, 6.07) is 0. The molecule has 2 rings (SSSR count). The monoisotopic (exact) mass is 230 g/mol. The van der Waals surface area contributed by atoms with Gasteiger partial charge in [0, 0.05) is 6.42 Å². The van der Waals surface area contributed by atoms with Gasteiger partial charge in [-0.2, -0.15) is 0 Å². The van der Waals surface area contributed by atoms with Crippen LogP contribution in [0.25, 0.3) is 0 Å². The van der Waals surface area contributed by atoms with E-state index in [9.17, 15) is 4.79 Å². The van der Waals surface area contributed by atoms with E-state index in [-0.39, 0.29) is 5.41 Å². The van der Waals surface area contributed by atoms with E-state index in [1.165, 1.54) is 5.57 Å². The fraction of sp³-hybridized carbons (Fsp3) is 0.562. The molecular formula is C16H22O. The summed E-state index contributed by atoms with van der Waals surface area (Å²) >= 11 is 0. The Hall–Kier alpha value is -1.11.